The van der Waals surface area contributed by atoms with Gasteiger partial charge in [-0.15, -0.1) is 11.3 Å². The smallest absolute Gasteiger partial charge is 0.139 e. The molecule has 1 heterocycles. The van der Waals surface area contributed by atoms with Crippen LogP contribution in [0.4, 0.5) is 0 Å². The van der Waals surface area contributed by atoms with Crippen molar-refractivity contribution in [3.05, 3.63) is 50.1 Å². The van der Waals surface area contributed by atoms with Crippen LogP contribution >= 0.6 is 34.5 Å². The number of methoxy groups -OCH3 is 1. The molecule has 136 valence electrons. The van der Waals surface area contributed by atoms with Crippen molar-refractivity contribution < 1.29 is 9.57 Å². The maximum Gasteiger partial charge on any atom is 0.139 e. The van der Waals surface area contributed by atoms with Crippen LogP contribution in [0.25, 0.3) is 0 Å². The molecule has 0 unspecified atom stereocenters. The Morgan fingerprint density at radius 2 is 1.92 bits per heavy atom. The van der Waals surface area contributed by atoms with Gasteiger partial charge in [0.15, 0.2) is 0 Å². The number of likely N-dealkylation sites (N-methyl/N-ethyl adjacent to an activating group) is 1. The molecular formula is C18H22Cl2N2O2S. The number of oxime groups is 1. The quantitative estimate of drug-likeness (QED) is 0.330. The minimum atomic E-state index is 0.370. The molecule has 0 N–H and O–H groups in total. The molecule has 0 radical (unpaired) electrons. The van der Waals surface area contributed by atoms with Gasteiger partial charge in [0.1, 0.15) is 23.1 Å². The molecule has 7 heteroatoms. The molecule has 0 bridgehead atoms. The number of hydrogen-bond acceptors (Lipinski definition) is 5. The summed E-state index contributed by atoms with van der Waals surface area (Å²) in [6.07, 6.45) is 0. The Balaban J connectivity index is 2.26. The highest BCUT2D eigenvalue weighted by atomic mass is 35.5. The van der Waals surface area contributed by atoms with Gasteiger partial charge in [0, 0.05) is 12.1 Å². The third-order valence-electron chi connectivity index (χ3n) is 3.83. The molecule has 0 aliphatic carbocycles. The van der Waals surface area contributed by atoms with Crippen molar-refractivity contribution in [3.63, 3.8) is 0 Å². The molecule has 0 atom stereocenters. The summed E-state index contributed by atoms with van der Waals surface area (Å²) in [7, 11) is 1.56. The van der Waals surface area contributed by atoms with Crippen molar-refractivity contribution in [1.82, 2.24) is 4.90 Å². The van der Waals surface area contributed by atoms with Crippen LogP contribution in [-0.4, -0.2) is 44.0 Å². The van der Waals surface area contributed by atoms with Gasteiger partial charge in [-0.2, -0.15) is 0 Å². The molecule has 0 aliphatic heterocycles. The van der Waals surface area contributed by atoms with Crippen molar-refractivity contribution >= 4 is 40.3 Å². The molecule has 1 aromatic carbocycles. The van der Waals surface area contributed by atoms with Crippen LogP contribution in [0.2, 0.25) is 10.0 Å². The Hall–Kier alpha value is -1.27. The summed E-state index contributed by atoms with van der Waals surface area (Å²) in [6, 6.07) is 7.57. The first-order chi connectivity index (χ1) is 12.1. The maximum atomic E-state index is 6.45. The van der Waals surface area contributed by atoms with Crippen LogP contribution in [0.3, 0.4) is 0 Å². The molecule has 0 amide bonds. The van der Waals surface area contributed by atoms with Gasteiger partial charge in [-0.25, -0.2) is 0 Å². The largest absolute Gasteiger partial charge is 0.495 e. The monoisotopic (exact) mass is 400 g/mol. The number of rotatable bonds is 9. The fourth-order valence-electron chi connectivity index (χ4n) is 2.33. The lowest BCUT2D eigenvalue weighted by Gasteiger charge is -2.17. The van der Waals surface area contributed by atoms with Crippen molar-refractivity contribution in [2.45, 2.75) is 13.8 Å². The van der Waals surface area contributed by atoms with E-state index in [1.807, 2.05) is 23.6 Å². The number of nitrogens with zero attached hydrogens (tertiary/aromatic N) is 2. The summed E-state index contributed by atoms with van der Waals surface area (Å²) in [6.45, 7) is 7.57. The van der Waals surface area contributed by atoms with E-state index in [0.29, 0.717) is 28.1 Å². The van der Waals surface area contributed by atoms with Gasteiger partial charge in [-0.05, 0) is 36.7 Å². The zero-order valence-electron chi connectivity index (χ0n) is 14.6. The third-order valence-corrected chi connectivity index (χ3v) is 5.57. The second-order valence-electron chi connectivity index (χ2n) is 5.22. The van der Waals surface area contributed by atoms with Crippen molar-refractivity contribution in [1.29, 1.82) is 0 Å². The van der Waals surface area contributed by atoms with Crippen LogP contribution in [0.5, 0.6) is 5.75 Å². The van der Waals surface area contributed by atoms with Crippen molar-refractivity contribution in [2.24, 2.45) is 5.16 Å². The Morgan fingerprint density at radius 1 is 1.16 bits per heavy atom. The lowest BCUT2D eigenvalue weighted by molar-refractivity contribution is 0.114. The van der Waals surface area contributed by atoms with Gasteiger partial charge in [0.2, 0.25) is 0 Å². The molecule has 0 spiro atoms. The van der Waals surface area contributed by atoms with E-state index in [2.05, 4.69) is 23.9 Å². The Morgan fingerprint density at radius 3 is 2.52 bits per heavy atom. The summed E-state index contributed by atoms with van der Waals surface area (Å²) >= 11 is 14.3. The molecule has 0 saturated carbocycles. The normalized spacial score (nSPS) is 11.8. The minimum absolute atomic E-state index is 0.370. The zero-order valence-corrected chi connectivity index (χ0v) is 16.9. The highest BCUT2D eigenvalue weighted by Crippen LogP contribution is 2.36. The van der Waals surface area contributed by atoms with Gasteiger partial charge in [-0.3, -0.25) is 0 Å². The van der Waals surface area contributed by atoms with Gasteiger partial charge < -0.3 is 14.5 Å². The summed E-state index contributed by atoms with van der Waals surface area (Å²) in [5.41, 5.74) is 1.39. The van der Waals surface area contributed by atoms with Crippen molar-refractivity contribution in [3.8, 4) is 5.75 Å². The minimum Gasteiger partial charge on any atom is -0.495 e. The van der Waals surface area contributed by atoms with E-state index >= 15 is 0 Å². The van der Waals surface area contributed by atoms with E-state index in [4.69, 9.17) is 32.8 Å². The molecule has 25 heavy (non-hydrogen) atoms. The SMILES string of the molecule is CCN(CC)CCO/N=C(\c1cccs1)c1ccc(OC)c(Cl)c1Cl. The van der Waals surface area contributed by atoms with Crippen LogP contribution in [0.1, 0.15) is 24.3 Å². The molecule has 0 aliphatic rings. The van der Waals surface area contributed by atoms with E-state index in [1.165, 1.54) is 0 Å². The van der Waals surface area contributed by atoms with E-state index in [0.717, 1.165) is 30.1 Å². The predicted octanol–water partition coefficient (Wildman–Crippen LogP) is 5.17. The number of hydrogen-bond donors (Lipinski definition) is 0. The molecule has 4 nitrogen and oxygen atoms in total. The average Bonchev–Trinajstić information content (AvgIpc) is 3.16. The topological polar surface area (TPSA) is 34.1 Å². The van der Waals surface area contributed by atoms with Crippen molar-refractivity contribution in [2.75, 3.05) is 33.4 Å². The van der Waals surface area contributed by atoms with Crippen LogP contribution in [-0.2, 0) is 4.84 Å². The number of halogens is 2. The summed E-state index contributed by atoms with van der Waals surface area (Å²) in [5, 5.41) is 7.11. The summed E-state index contributed by atoms with van der Waals surface area (Å²) in [5.74, 6) is 0.531. The first-order valence-electron chi connectivity index (χ1n) is 8.10. The van der Waals surface area contributed by atoms with E-state index in [-0.39, 0.29) is 0 Å². The first kappa shape index (κ1) is 20.0. The standard InChI is InChI=1S/C18H22Cl2N2O2S/c1-4-22(5-2)10-11-24-21-18(15-7-6-12-25-15)13-8-9-14(23-3)17(20)16(13)19/h6-9,12H,4-5,10-11H2,1-3H3/b21-18-. The molecule has 2 aromatic rings. The van der Waals surface area contributed by atoms with E-state index < -0.39 is 0 Å². The zero-order chi connectivity index (χ0) is 18.2. The summed E-state index contributed by atoms with van der Waals surface area (Å²) in [4.78, 5) is 8.82. The second-order valence-corrected chi connectivity index (χ2v) is 6.92. The molecule has 2 rings (SSSR count). The Bertz CT molecular complexity index is 701. The second kappa shape index (κ2) is 10.0. The fraction of sp³-hybridized carbons (Fsp3) is 0.389. The highest BCUT2D eigenvalue weighted by Gasteiger charge is 2.18. The first-order valence-corrected chi connectivity index (χ1v) is 9.74. The van der Waals surface area contributed by atoms with E-state index in [1.54, 1.807) is 24.5 Å². The van der Waals surface area contributed by atoms with Gasteiger partial charge in [-0.1, -0.05) is 48.3 Å². The molecule has 0 saturated heterocycles. The molecule has 0 fully saturated rings. The van der Waals surface area contributed by atoms with Gasteiger partial charge >= 0.3 is 0 Å². The summed E-state index contributed by atoms with van der Waals surface area (Å²) < 4.78 is 5.21. The Labute approximate surface area is 162 Å². The lowest BCUT2D eigenvalue weighted by atomic mass is 10.1. The Kier molecular flexibility index (Phi) is 8.03. The van der Waals surface area contributed by atoms with Gasteiger partial charge in [0.05, 0.1) is 17.0 Å². The fourth-order valence-corrected chi connectivity index (χ4v) is 3.54. The van der Waals surface area contributed by atoms with Crippen LogP contribution in [0.15, 0.2) is 34.8 Å². The third kappa shape index (κ3) is 5.11. The number of ether oxygens (including phenoxy) is 1. The van der Waals surface area contributed by atoms with Gasteiger partial charge in [0.25, 0.3) is 0 Å². The predicted molar refractivity (Wildman–Crippen MR) is 107 cm³/mol. The number of thiophene rings is 1. The van der Waals surface area contributed by atoms with Crippen LogP contribution in [0, 0.1) is 0 Å². The molecule has 1 aromatic heterocycles. The molecular weight excluding hydrogens is 379 g/mol. The van der Waals surface area contributed by atoms with Crippen LogP contribution < -0.4 is 4.74 Å². The maximum absolute atomic E-state index is 6.45. The highest BCUT2D eigenvalue weighted by molar-refractivity contribution is 7.12. The lowest BCUT2D eigenvalue weighted by Crippen LogP contribution is -2.26. The van der Waals surface area contributed by atoms with E-state index in [9.17, 15) is 0 Å². The number of benzene rings is 1. The average molecular weight is 401 g/mol.